The van der Waals surface area contributed by atoms with Crippen LogP contribution in [-0.2, 0) is 13.1 Å². The monoisotopic (exact) mass is 217 g/mol. The van der Waals surface area contributed by atoms with Gasteiger partial charge in [0.05, 0.1) is 12.2 Å². The SMILES string of the molecule is Cc1nn(Cc2cccc(O)c2)cc1CN. The van der Waals surface area contributed by atoms with Crippen LogP contribution in [0.3, 0.4) is 0 Å². The second-order valence-electron chi connectivity index (χ2n) is 3.81. The van der Waals surface area contributed by atoms with Gasteiger partial charge in [-0.25, -0.2) is 0 Å². The molecule has 0 unspecified atom stereocenters. The van der Waals surface area contributed by atoms with Crippen molar-refractivity contribution < 1.29 is 5.11 Å². The van der Waals surface area contributed by atoms with Crippen LogP contribution in [0.5, 0.6) is 5.75 Å². The molecular formula is C12H15N3O. The fourth-order valence-corrected chi connectivity index (χ4v) is 1.68. The number of aryl methyl sites for hydroxylation is 1. The number of benzene rings is 1. The highest BCUT2D eigenvalue weighted by atomic mass is 16.3. The van der Waals surface area contributed by atoms with E-state index in [1.807, 2.05) is 29.9 Å². The summed E-state index contributed by atoms with van der Waals surface area (Å²) < 4.78 is 1.84. The number of hydrogen-bond donors (Lipinski definition) is 2. The molecule has 16 heavy (non-hydrogen) atoms. The molecule has 0 aliphatic carbocycles. The van der Waals surface area contributed by atoms with Crippen LogP contribution in [-0.4, -0.2) is 14.9 Å². The summed E-state index contributed by atoms with van der Waals surface area (Å²) in [5, 5.41) is 13.7. The summed E-state index contributed by atoms with van der Waals surface area (Å²) in [5.74, 6) is 0.278. The molecular weight excluding hydrogens is 202 g/mol. The predicted octanol–water partition coefficient (Wildman–Crippen LogP) is 1.40. The first kappa shape index (κ1) is 10.7. The van der Waals surface area contributed by atoms with Gasteiger partial charge in [0.15, 0.2) is 0 Å². The second kappa shape index (κ2) is 4.37. The Morgan fingerprint density at radius 1 is 1.44 bits per heavy atom. The molecule has 4 nitrogen and oxygen atoms in total. The van der Waals surface area contributed by atoms with Crippen LogP contribution in [0, 0.1) is 6.92 Å². The molecule has 0 aliphatic rings. The zero-order chi connectivity index (χ0) is 11.5. The summed E-state index contributed by atoms with van der Waals surface area (Å²) >= 11 is 0. The molecule has 0 amide bonds. The summed E-state index contributed by atoms with van der Waals surface area (Å²) in [4.78, 5) is 0. The maximum atomic E-state index is 9.35. The number of phenols is 1. The molecule has 2 aromatic rings. The normalized spacial score (nSPS) is 10.6. The van der Waals surface area contributed by atoms with Crippen molar-refractivity contribution in [3.05, 3.63) is 47.3 Å². The first-order valence-corrected chi connectivity index (χ1v) is 5.20. The van der Waals surface area contributed by atoms with Gasteiger partial charge in [0.1, 0.15) is 5.75 Å². The molecule has 2 rings (SSSR count). The van der Waals surface area contributed by atoms with Crippen LogP contribution in [0.4, 0.5) is 0 Å². The van der Waals surface area contributed by atoms with E-state index in [0.29, 0.717) is 13.1 Å². The first-order chi connectivity index (χ1) is 7.69. The molecule has 3 N–H and O–H groups in total. The van der Waals surface area contributed by atoms with Gasteiger partial charge in [0.2, 0.25) is 0 Å². The molecule has 0 saturated heterocycles. The van der Waals surface area contributed by atoms with E-state index in [0.717, 1.165) is 16.8 Å². The molecule has 1 heterocycles. The van der Waals surface area contributed by atoms with E-state index in [9.17, 15) is 5.11 Å². The Morgan fingerprint density at radius 3 is 2.88 bits per heavy atom. The molecule has 0 atom stereocenters. The molecule has 1 aromatic heterocycles. The zero-order valence-electron chi connectivity index (χ0n) is 9.22. The molecule has 4 heteroatoms. The number of hydrogen-bond acceptors (Lipinski definition) is 3. The van der Waals surface area contributed by atoms with E-state index >= 15 is 0 Å². The molecule has 0 aliphatic heterocycles. The third kappa shape index (κ3) is 2.23. The fraction of sp³-hybridized carbons (Fsp3) is 0.250. The van der Waals surface area contributed by atoms with Crippen molar-refractivity contribution in [3.63, 3.8) is 0 Å². The smallest absolute Gasteiger partial charge is 0.115 e. The lowest BCUT2D eigenvalue weighted by molar-refractivity contribution is 0.474. The first-order valence-electron chi connectivity index (χ1n) is 5.20. The van der Waals surface area contributed by atoms with E-state index in [2.05, 4.69) is 5.10 Å². The highest BCUT2D eigenvalue weighted by molar-refractivity contribution is 5.27. The minimum Gasteiger partial charge on any atom is -0.508 e. The van der Waals surface area contributed by atoms with Crippen LogP contribution in [0.1, 0.15) is 16.8 Å². The number of aromatic nitrogens is 2. The van der Waals surface area contributed by atoms with Gasteiger partial charge in [-0.15, -0.1) is 0 Å². The van der Waals surface area contributed by atoms with Gasteiger partial charge in [0, 0.05) is 18.3 Å². The van der Waals surface area contributed by atoms with Crippen LogP contribution in [0.15, 0.2) is 30.5 Å². The fourth-order valence-electron chi connectivity index (χ4n) is 1.68. The van der Waals surface area contributed by atoms with E-state index < -0.39 is 0 Å². The molecule has 0 saturated carbocycles. The van der Waals surface area contributed by atoms with E-state index in [1.54, 1.807) is 12.1 Å². The van der Waals surface area contributed by atoms with Crippen LogP contribution < -0.4 is 5.73 Å². The number of nitrogens with zero attached hydrogens (tertiary/aromatic N) is 2. The predicted molar refractivity (Wildman–Crippen MR) is 62.1 cm³/mol. The number of rotatable bonds is 3. The maximum absolute atomic E-state index is 9.35. The summed E-state index contributed by atoms with van der Waals surface area (Å²) in [7, 11) is 0. The Hall–Kier alpha value is -1.81. The van der Waals surface area contributed by atoms with Gasteiger partial charge in [-0.05, 0) is 24.6 Å². The lowest BCUT2D eigenvalue weighted by Gasteiger charge is -2.02. The second-order valence-corrected chi connectivity index (χ2v) is 3.81. The molecule has 0 bridgehead atoms. The van der Waals surface area contributed by atoms with Crippen LogP contribution in [0.25, 0.3) is 0 Å². The quantitative estimate of drug-likeness (QED) is 0.817. The number of aromatic hydroxyl groups is 1. The minimum atomic E-state index is 0.278. The topological polar surface area (TPSA) is 64.1 Å². The van der Waals surface area contributed by atoms with E-state index in [1.165, 1.54) is 0 Å². The summed E-state index contributed by atoms with van der Waals surface area (Å²) in [6, 6.07) is 7.17. The van der Waals surface area contributed by atoms with Gasteiger partial charge in [0.25, 0.3) is 0 Å². The Morgan fingerprint density at radius 2 is 2.25 bits per heavy atom. The van der Waals surface area contributed by atoms with Gasteiger partial charge < -0.3 is 10.8 Å². The lowest BCUT2D eigenvalue weighted by atomic mass is 10.2. The Balaban J connectivity index is 2.20. The van der Waals surface area contributed by atoms with Gasteiger partial charge in [-0.3, -0.25) is 4.68 Å². The van der Waals surface area contributed by atoms with Gasteiger partial charge in [-0.2, -0.15) is 5.10 Å². The minimum absolute atomic E-state index is 0.278. The molecule has 84 valence electrons. The Labute approximate surface area is 94.3 Å². The lowest BCUT2D eigenvalue weighted by Crippen LogP contribution is -2.00. The average Bonchev–Trinajstić information content (AvgIpc) is 2.58. The molecule has 1 aromatic carbocycles. The van der Waals surface area contributed by atoms with Crippen molar-refractivity contribution in [2.24, 2.45) is 5.73 Å². The van der Waals surface area contributed by atoms with Crippen molar-refractivity contribution >= 4 is 0 Å². The summed E-state index contributed by atoms with van der Waals surface area (Å²) in [6.07, 6.45) is 1.94. The van der Waals surface area contributed by atoms with E-state index in [-0.39, 0.29) is 5.75 Å². The third-order valence-corrected chi connectivity index (χ3v) is 2.52. The number of nitrogens with two attached hydrogens (primary N) is 1. The Kier molecular flexibility index (Phi) is 2.92. The summed E-state index contributed by atoms with van der Waals surface area (Å²) in [6.45, 7) is 3.10. The van der Waals surface area contributed by atoms with E-state index in [4.69, 9.17) is 5.73 Å². The van der Waals surface area contributed by atoms with Crippen LogP contribution >= 0.6 is 0 Å². The zero-order valence-corrected chi connectivity index (χ0v) is 9.22. The van der Waals surface area contributed by atoms with Crippen molar-refractivity contribution in [1.29, 1.82) is 0 Å². The molecule has 0 radical (unpaired) electrons. The largest absolute Gasteiger partial charge is 0.508 e. The van der Waals surface area contributed by atoms with Crippen LogP contribution in [0.2, 0.25) is 0 Å². The highest BCUT2D eigenvalue weighted by Gasteiger charge is 2.03. The standard InChI is InChI=1S/C12H15N3O/c1-9-11(6-13)8-15(14-9)7-10-3-2-4-12(16)5-10/h2-5,8,16H,6-7,13H2,1H3. The Bertz CT molecular complexity index is 491. The molecule has 0 spiro atoms. The van der Waals surface area contributed by atoms with Crippen molar-refractivity contribution in [1.82, 2.24) is 9.78 Å². The maximum Gasteiger partial charge on any atom is 0.115 e. The molecule has 0 fully saturated rings. The third-order valence-electron chi connectivity index (χ3n) is 2.52. The van der Waals surface area contributed by atoms with Crippen molar-refractivity contribution in [2.75, 3.05) is 0 Å². The average molecular weight is 217 g/mol. The highest BCUT2D eigenvalue weighted by Crippen LogP contribution is 2.13. The van der Waals surface area contributed by atoms with Gasteiger partial charge >= 0.3 is 0 Å². The van der Waals surface area contributed by atoms with Gasteiger partial charge in [-0.1, -0.05) is 12.1 Å². The van der Waals surface area contributed by atoms with Crippen molar-refractivity contribution in [3.8, 4) is 5.75 Å². The summed E-state index contributed by atoms with van der Waals surface area (Å²) in [5.41, 5.74) is 8.62. The number of phenolic OH excluding ortho intramolecular Hbond substituents is 1. The van der Waals surface area contributed by atoms with Crippen molar-refractivity contribution in [2.45, 2.75) is 20.0 Å².